The minimum absolute atomic E-state index is 0.193. The first kappa shape index (κ1) is 37.2. The molecule has 66 heavy (non-hydrogen) atoms. The minimum atomic E-state index is -0.482. The summed E-state index contributed by atoms with van der Waals surface area (Å²) in [5.41, 5.74) is 24.8. The zero-order chi connectivity index (χ0) is 43.7. The van der Waals surface area contributed by atoms with Gasteiger partial charge in [0.25, 0.3) is 0 Å². The third-order valence-corrected chi connectivity index (χ3v) is 15.1. The first-order valence-corrected chi connectivity index (χ1v) is 23.1. The molecule has 0 bridgehead atoms. The Morgan fingerprint density at radius 1 is 0.348 bits per heavy atom. The van der Waals surface area contributed by atoms with Crippen LogP contribution in [0.3, 0.4) is 0 Å². The fourth-order valence-corrected chi connectivity index (χ4v) is 12.3. The molecule has 11 aromatic rings. The first-order valence-electron chi connectivity index (χ1n) is 23.1. The van der Waals surface area contributed by atoms with Gasteiger partial charge in [-0.2, -0.15) is 0 Å². The molecule has 1 heterocycles. The summed E-state index contributed by atoms with van der Waals surface area (Å²) in [6, 6.07) is 83.4. The van der Waals surface area contributed by atoms with Crippen molar-refractivity contribution in [2.75, 3.05) is 4.90 Å². The molecule has 0 unspecified atom stereocenters. The summed E-state index contributed by atoms with van der Waals surface area (Å²) in [6.45, 7) is 4.76. The van der Waals surface area contributed by atoms with Crippen molar-refractivity contribution >= 4 is 39.0 Å². The second-order valence-electron chi connectivity index (χ2n) is 18.7. The van der Waals surface area contributed by atoms with E-state index in [9.17, 15) is 0 Å². The maximum absolute atomic E-state index is 6.60. The summed E-state index contributed by atoms with van der Waals surface area (Å²) in [7, 11) is 0. The normalized spacial score (nSPS) is 14.2. The summed E-state index contributed by atoms with van der Waals surface area (Å²) in [4.78, 5) is 2.58. The third-order valence-electron chi connectivity index (χ3n) is 15.1. The monoisotopic (exact) mass is 841 g/mol. The number of benzene rings is 10. The number of rotatable bonds is 5. The van der Waals surface area contributed by atoms with E-state index in [1.807, 2.05) is 0 Å². The van der Waals surface area contributed by atoms with Crippen molar-refractivity contribution < 1.29 is 4.42 Å². The number of hydrogen-bond acceptors (Lipinski definition) is 2. The molecule has 2 nitrogen and oxygen atoms in total. The van der Waals surface area contributed by atoms with Crippen molar-refractivity contribution in [2.45, 2.75) is 24.7 Å². The van der Waals surface area contributed by atoms with Gasteiger partial charge in [-0.3, -0.25) is 0 Å². The molecule has 14 rings (SSSR count). The lowest BCUT2D eigenvalue weighted by atomic mass is 9.70. The van der Waals surface area contributed by atoms with Crippen molar-refractivity contribution in [3.63, 3.8) is 0 Å². The molecule has 3 aliphatic rings. The molecule has 1 spiro atoms. The van der Waals surface area contributed by atoms with Gasteiger partial charge >= 0.3 is 0 Å². The van der Waals surface area contributed by atoms with Crippen LogP contribution in [0.1, 0.15) is 47.2 Å². The first-order chi connectivity index (χ1) is 32.5. The number of anilines is 3. The van der Waals surface area contributed by atoms with Gasteiger partial charge in [0.05, 0.1) is 16.8 Å². The van der Waals surface area contributed by atoms with Gasteiger partial charge in [0.2, 0.25) is 0 Å². The van der Waals surface area contributed by atoms with Crippen molar-refractivity contribution in [1.29, 1.82) is 0 Å². The number of furan rings is 1. The van der Waals surface area contributed by atoms with Crippen LogP contribution in [0.25, 0.3) is 77.6 Å². The van der Waals surface area contributed by atoms with Gasteiger partial charge in [-0.15, -0.1) is 0 Å². The summed E-state index contributed by atoms with van der Waals surface area (Å²) >= 11 is 0. The number of hydrogen-bond donors (Lipinski definition) is 0. The highest BCUT2D eigenvalue weighted by Gasteiger charge is 2.52. The Hall–Kier alpha value is -8.20. The van der Waals surface area contributed by atoms with Gasteiger partial charge in [-0.1, -0.05) is 196 Å². The highest BCUT2D eigenvalue weighted by Crippen LogP contribution is 2.65. The van der Waals surface area contributed by atoms with Gasteiger partial charge in [-0.05, 0) is 120 Å². The van der Waals surface area contributed by atoms with E-state index in [4.69, 9.17) is 4.42 Å². The van der Waals surface area contributed by atoms with Crippen LogP contribution in [0.2, 0.25) is 0 Å². The molecule has 3 aliphatic carbocycles. The SMILES string of the molecule is CC1(C)c2ccccc2-c2ccc(N(c3ccc(-c4ccccc4)cc3-c3cccc4oc5ccccc5c34)c3cccc4c3-c3ccccc3C43c4ccccc4-c4ccccc43)cc21. The summed E-state index contributed by atoms with van der Waals surface area (Å²) in [6.07, 6.45) is 0. The molecule has 0 atom stereocenters. The van der Waals surface area contributed by atoms with Gasteiger partial charge in [0, 0.05) is 33.0 Å². The zero-order valence-corrected chi connectivity index (χ0v) is 36.7. The average Bonchev–Trinajstić information content (AvgIpc) is 4.07. The molecular weight excluding hydrogens is 799 g/mol. The van der Waals surface area contributed by atoms with Crippen LogP contribution in [0.5, 0.6) is 0 Å². The summed E-state index contributed by atoms with van der Waals surface area (Å²) in [5.74, 6) is 0. The average molecular weight is 842 g/mol. The molecular formula is C64H43NO. The Morgan fingerprint density at radius 3 is 1.67 bits per heavy atom. The highest BCUT2D eigenvalue weighted by atomic mass is 16.3. The Balaban J connectivity index is 1.11. The van der Waals surface area contributed by atoms with Crippen LogP contribution in [0, 0.1) is 0 Å². The van der Waals surface area contributed by atoms with E-state index in [1.54, 1.807) is 0 Å². The molecule has 2 heteroatoms. The highest BCUT2D eigenvalue weighted by molar-refractivity contribution is 6.14. The molecule has 1 aromatic heterocycles. The number of nitrogens with zero attached hydrogens (tertiary/aromatic N) is 1. The Kier molecular flexibility index (Phi) is 7.70. The molecule has 0 saturated carbocycles. The predicted octanol–water partition coefficient (Wildman–Crippen LogP) is 17.0. The largest absolute Gasteiger partial charge is 0.456 e. The predicted molar refractivity (Wildman–Crippen MR) is 273 cm³/mol. The zero-order valence-electron chi connectivity index (χ0n) is 36.7. The molecule has 0 amide bonds. The molecule has 0 aliphatic heterocycles. The standard InChI is InChI=1S/C64H43NO/c1-63(2)51-26-11-6-20-43(51)46-36-35-42(39-56(46)63)65(57-37-34-41(40-18-4-3-5-19-40)38-50(57)47-25-16-33-60-61(47)49-24-10-15-32-59(49)66-60)58-31-17-30-55-62(58)48-23-9-14-29-54(48)64(55)52-27-12-7-21-44(52)45-22-8-13-28-53(45)64/h3-39H,1-2H3. The van der Waals surface area contributed by atoms with Crippen LogP contribution >= 0.6 is 0 Å². The molecule has 0 saturated heterocycles. The number of fused-ring (bicyclic) bond motifs is 16. The van der Waals surface area contributed by atoms with E-state index < -0.39 is 5.41 Å². The Bertz CT molecular complexity index is 3770. The molecule has 0 N–H and O–H groups in total. The Morgan fingerprint density at radius 2 is 0.909 bits per heavy atom. The molecule has 0 fully saturated rings. The third kappa shape index (κ3) is 4.91. The van der Waals surface area contributed by atoms with Crippen LogP contribution in [0.15, 0.2) is 229 Å². The topological polar surface area (TPSA) is 16.4 Å². The summed E-state index contributed by atoms with van der Waals surface area (Å²) in [5, 5.41) is 2.23. The van der Waals surface area contributed by atoms with Gasteiger partial charge < -0.3 is 9.32 Å². The molecule has 310 valence electrons. The van der Waals surface area contributed by atoms with Gasteiger partial charge in [0.15, 0.2) is 0 Å². The van der Waals surface area contributed by atoms with Crippen molar-refractivity contribution in [2.24, 2.45) is 0 Å². The maximum Gasteiger partial charge on any atom is 0.136 e. The van der Waals surface area contributed by atoms with Gasteiger partial charge in [0.1, 0.15) is 11.2 Å². The van der Waals surface area contributed by atoms with Crippen molar-refractivity contribution in [3.05, 3.63) is 258 Å². The van der Waals surface area contributed by atoms with Crippen molar-refractivity contribution in [1.82, 2.24) is 0 Å². The minimum Gasteiger partial charge on any atom is -0.456 e. The summed E-state index contributed by atoms with van der Waals surface area (Å²) < 4.78 is 6.60. The van der Waals surface area contributed by atoms with E-state index in [-0.39, 0.29) is 5.41 Å². The second kappa shape index (κ2) is 13.7. The fourth-order valence-electron chi connectivity index (χ4n) is 12.3. The van der Waals surface area contributed by atoms with E-state index >= 15 is 0 Å². The second-order valence-corrected chi connectivity index (χ2v) is 18.7. The van der Waals surface area contributed by atoms with Crippen LogP contribution in [-0.4, -0.2) is 0 Å². The molecule has 10 aromatic carbocycles. The maximum atomic E-state index is 6.60. The van der Waals surface area contributed by atoms with E-state index in [0.29, 0.717) is 0 Å². The molecule has 0 radical (unpaired) electrons. The lowest BCUT2D eigenvalue weighted by molar-refractivity contribution is 0.660. The smallest absolute Gasteiger partial charge is 0.136 e. The van der Waals surface area contributed by atoms with E-state index in [2.05, 4.69) is 243 Å². The van der Waals surface area contributed by atoms with E-state index in [1.165, 1.54) is 72.3 Å². The van der Waals surface area contributed by atoms with Crippen molar-refractivity contribution in [3.8, 4) is 55.6 Å². The quantitative estimate of drug-likeness (QED) is 0.172. The lowest BCUT2D eigenvalue weighted by Crippen LogP contribution is -2.26. The van der Waals surface area contributed by atoms with Gasteiger partial charge in [-0.25, -0.2) is 0 Å². The van der Waals surface area contributed by atoms with Crippen LogP contribution in [-0.2, 0) is 10.8 Å². The van der Waals surface area contributed by atoms with Crippen LogP contribution < -0.4 is 4.90 Å². The fraction of sp³-hybridized carbons (Fsp3) is 0.0625. The lowest BCUT2D eigenvalue weighted by Gasteiger charge is -2.33. The van der Waals surface area contributed by atoms with E-state index in [0.717, 1.165) is 55.7 Å². The van der Waals surface area contributed by atoms with Crippen LogP contribution in [0.4, 0.5) is 17.1 Å². The number of para-hydroxylation sites is 1. The Labute approximate surface area is 384 Å².